The molecule has 4 nitrogen and oxygen atoms in total. The van der Waals surface area contributed by atoms with E-state index in [1.54, 1.807) is 14.2 Å². The predicted molar refractivity (Wildman–Crippen MR) is 84.7 cm³/mol. The lowest BCUT2D eigenvalue weighted by molar-refractivity contribution is -0.132. The molecule has 0 saturated heterocycles. The molecule has 0 N–H and O–H groups in total. The Morgan fingerprint density at radius 1 is 1.24 bits per heavy atom. The van der Waals surface area contributed by atoms with Gasteiger partial charge in [-0.3, -0.25) is 4.79 Å². The molecule has 0 bridgehead atoms. The lowest BCUT2D eigenvalue weighted by atomic mass is 10.1. The zero-order chi connectivity index (χ0) is 15.8. The topological polar surface area (TPSA) is 38.8 Å². The van der Waals surface area contributed by atoms with E-state index in [0.29, 0.717) is 18.9 Å². The molecule has 0 aromatic heterocycles. The van der Waals surface area contributed by atoms with Gasteiger partial charge in [-0.1, -0.05) is 20.8 Å². The number of methoxy groups -OCH3 is 2. The molecule has 0 aliphatic carbocycles. The Bertz CT molecular complexity index is 457. The van der Waals surface area contributed by atoms with Crippen molar-refractivity contribution in [2.75, 3.05) is 20.8 Å². The van der Waals surface area contributed by atoms with Crippen molar-refractivity contribution >= 4 is 5.91 Å². The summed E-state index contributed by atoms with van der Waals surface area (Å²) in [5.41, 5.74) is 1.00. The SMILES string of the molecule is CCCN(Cc1ccc(OC)cc1OC)C(=O)CC(C)C. The summed E-state index contributed by atoms with van der Waals surface area (Å²) < 4.78 is 10.6. The van der Waals surface area contributed by atoms with E-state index in [1.165, 1.54) is 0 Å². The van der Waals surface area contributed by atoms with Crippen LogP contribution < -0.4 is 9.47 Å². The molecule has 0 saturated carbocycles. The van der Waals surface area contributed by atoms with Crippen molar-refractivity contribution in [1.29, 1.82) is 0 Å². The molecule has 1 rings (SSSR count). The van der Waals surface area contributed by atoms with Gasteiger partial charge in [0.25, 0.3) is 0 Å². The van der Waals surface area contributed by atoms with Crippen LogP contribution >= 0.6 is 0 Å². The minimum atomic E-state index is 0.199. The van der Waals surface area contributed by atoms with Gasteiger partial charge in [0, 0.05) is 31.1 Å². The number of hydrogen-bond acceptors (Lipinski definition) is 3. The number of carbonyl (C=O) groups excluding carboxylic acids is 1. The van der Waals surface area contributed by atoms with E-state index >= 15 is 0 Å². The van der Waals surface area contributed by atoms with Crippen molar-refractivity contribution in [3.63, 3.8) is 0 Å². The summed E-state index contributed by atoms with van der Waals surface area (Å²) in [6.07, 6.45) is 1.53. The monoisotopic (exact) mass is 293 g/mol. The van der Waals surface area contributed by atoms with Gasteiger partial charge in [-0.15, -0.1) is 0 Å². The van der Waals surface area contributed by atoms with Crippen LogP contribution in [0.25, 0.3) is 0 Å². The first-order valence-corrected chi connectivity index (χ1v) is 7.50. The van der Waals surface area contributed by atoms with Crippen molar-refractivity contribution in [3.8, 4) is 11.5 Å². The molecule has 1 aromatic rings. The molecule has 4 heteroatoms. The maximum atomic E-state index is 12.3. The number of hydrogen-bond donors (Lipinski definition) is 0. The van der Waals surface area contributed by atoms with Gasteiger partial charge in [0.15, 0.2) is 0 Å². The van der Waals surface area contributed by atoms with Crippen LogP contribution in [0.3, 0.4) is 0 Å². The Hall–Kier alpha value is -1.71. The quantitative estimate of drug-likeness (QED) is 0.736. The summed E-state index contributed by atoms with van der Waals surface area (Å²) in [6, 6.07) is 5.71. The third-order valence-electron chi connectivity index (χ3n) is 3.28. The highest BCUT2D eigenvalue weighted by molar-refractivity contribution is 5.76. The van der Waals surface area contributed by atoms with E-state index in [0.717, 1.165) is 30.0 Å². The molecule has 21 heavy (non-hydrogen) atoms. The number of benzene rings is 1. The fourth-order valence-electron chi connectivity index (χ4n) is 2.23. The van der Waals surface area contributed by atoms with Crippen LogP contribution in [-0.2, 0) is 11.3 Å². The average molecular weight is 293 g/mol. The molecule has 0 heterocycles. The minimum absolute atomic E-state index is 0.199. The van der Waals surface area contributed by atoms with Gasteiger partial charge in [-0.05, 0) is 24.5 Å². The molecule has 0 aliphatic rings. The van der Waals surface area contributed by atoms with E-state index in [9.17, 15) is 4.79 Å². The van der Waals surface area contributed by atoms with Crippen molar-refractivity contribution < 1.29 is 14.3 Å². The van der Waals surface area contributed by atoms with E-state index in [2.05, 4.69) is 20.8 Å². The van der Waals surface area contributed by atoms with Gasteiger partial charge < -0.3 is 14.4 Å². The van der Waals surface area contributed by atoms with Gasteiger partial charge in [0.1, 0.15) is 11.5 Å². The second-order valence-corrected chi connectivity index (χ2v) is 5.59. The van der Waals surface area contributed by atoms with Crippen LogP contribution in [0.15, 0.2) is 18.2 Å². The molecule has 1 aromatic carbocycles. The Morgan fingerprint density at radius 2 is 1.95 bits per heavy atom. The normalized spacial score (nSPS) is 10.6. The second-order valence-electron chi connectivity index (χ2n) is 5.59. The highest BCUT2D eigenvalue weighted by atomic mass is 16.5. The highest BCUT2D eigenvalue weighted by Gasteiger charge is 2.16. The van der Waals surface area contributed by atoms with Crippen LogP contribution in [0.2, 0.25) is 0 Å². The van der Waals surface area contributed by atoms with E-state index in [1.807, 2.05) is 23.1 Å². The lowest BCUT2D eigenvalue weighted by Crippen LogP contribution is -2.32. The van der Waals surface area contributed by atoms with Crippen LogP contribution in [0.5, 0.6) is 11.5 Å². The van der Waals surface area contributed by atoms with Crippen molar-refractivity contribution in [3.05, 3.63) is 23.8 Å². The molecule has 0 aliphatic heterocycles. The Morgan fingerprint density at radius 3 is 2.48 bits per heavy atom. The Labute approximate surface area is 128 Å². The van der Waals surface area contributed by atoms with Crippen LogP contribution in [-0.4, -0.2) is 31.6 Å². The molecule has 0 radical (unpaired) electrons. The average Bonchev–Trinajstić information content (AvgIpc) is 2.46. The minimum Gasteiger partial charge on any atom is -0.497 e. The van der Waals surface area contributed by atoms with Gasteiger partial charge in [0.2, 0.25) is 5.91 Å². The number of ether oxygens (including phenoxy) is 2. The summed E-state index contributed by atoms with van der Waals surface area (Å²) in [5.74, 6) is 2.08. The van der Waals surface area contributed by atoms with Gasteiger partial charge in [-0.2, -0.15) is 0 Å². The molecule has 0 atom stereocenters. The van der Waals surface area contributed by atoms with E-state index in [-0.39, 0.29) is 5.91 Å². The van der Waals surface area contributed by atoms with Gasteiger partial charge >= 0.3 is 0 Å². The van der Waals surface area contributed by atoms with Crippen LogP contribution in [0, 0.1) is 5.92 Å². The molecular formula is C17H27NO3. The van der Waals surface area contributed by atoms with Crippen molar-refractivity contribution in [1.82, 2.24) is 4.90 Å². The summed E-state index contributed by atoms with van der Waals surface area (Å²) in [6.45, 7) is 7.56. The first kappa shape index (κ1) is 17.3. The number of rotatable bonds is 8. The molecular weight excluding hydrogens is 266 g/mol. The fraction of sp³-hybridized carbons (Fsp3) is 0.588. The predicted octanol–water partition coefficient (Wildman–Crippen LogP) is 3.49. The molecule has 0 unspecified atom stereocenters. The number of amides is 1. The molecule has 0 spiro atoms. The molecule has 118 valence electrons. The third-order valence-corrected chi connectivity index (χ3v) is 3.28. The fourth-order valence-corrected chi connectivity index (χ4v) is 2.23. The van der Waals surface area contributed by atoms with Crippen LogP contribution in [0.1, 0.15) is 39.2 Å². The zero-order valence-electron chi connectivity index (χ0n) is 13.8. The van der Waals surface area contributed by atoms with Crippen molar-refractivity contribution in [2.45, 2.75) is 40.2 Å². The first-order valence-electron chi connectivity index (χ1n) is 7.50. The van der Waals surface area contributed by atoms with E-state index < -0.39 is 0 Å². The van der Waals surface area contributed by atoms with E-state index in [4.69, 9.17) is 9.47 Å². The molecule has 1 amide bonds. The Balaban J connectivity index is 2.90. The highest BCUT2D eigenvalue weighted by Crippen LogP contribution is 2.26. The second kappa shape index (κ2) is 8.55. The van der Waals surface area contributed by atoms with Gasteiger partial charge in [-0.25, -0.2) is 0 Å². The molecule has 0 fully saturated rings. The number of carbonyl (C=O) groups is 1. The largest absolute Gasteiger partial charge is 0.497 e. The Kier molecular flexibility index (Phi) is 7.06. The zero-order valence-corrected chi connectivity index (χ0v) is 13.8. The summed E-state index contributed by atoms with van der Waals surface area (Å²) in [7, 11) is 3.27. The maximum Gasteiger partial charge on any atom is 0.223 e. The van der Waals surface area contributed by atoms with Gasteiger partial charge in [0.05, 0.1) is 14.2 Å². The lowest BCUT2D eigenvalue weighted by Gasteiger charge is -2.24. The standard InChI is InChI=1S/C17H27NO3/c1-6-9-18(17(19)10-13(2)3)12-14-7-8-15(20-4)11-16(14)21-5/h7-8,11,13H,6,9-10,12H2,1-5H3. The van der Waals surface area contributed by atoms with Crippen molar-refractivity contribution in [2.24, 2.45) is 5.92 Å². The van der Waals surface area contributed by atoms with Crippen LogP contribution in [0.4, 0.5) is 0 Å². The summed E-state index contributed by atoms with van der Waals surface area (Å²) in [4.78, 5) is 14.2. The summed E-state index contributed by atoms with van der Waals surface area (Å²) >= 11 is 0. The first-order chi connectivity index (χ1) is 10.0. The number of nitrogens with zero attached hydrogens (tertiary/aromatic N) is 1. The maximum absolute atomic E-state index is 12.3. The third kappa shape index (κ3) is 5.29. The summed E-state index contributed by atoms with van der Waals surface area (Å²) in [5, 5.41) is 0. The smallest absolute Gasteiger partial charge is 0.223 e.